The van der Waals surface area contributed by atoms with Gasteiger partial charge in [0.1, 0.15) is 11.6 Å². The van der Waals surface area contributed by atoms with E-state index in [9.17, 15) is 4.79 Å². The minimum absolute atomic E-state index is 0.0775. The molecule has 0 saturated carbocycles. The number of imidazole rings is 1. The number of thiazole rings is 1. The number of ether oxygens (including phenoxy) is 1. The number of nitrogens with zero attached hydrogens (tertiary/aromatic N) is 5. The summed E-state index contributed by atoms with van der Waals surface area (Å²) in [5, 5.41) is 0. The number of pyridine rings is 1. The Labute approximate surface area is 207 Å². The van der Waals surface area contributed by atoms with Gasteiger partial charge in [-0.15, -0.1) is 0 Å². The van der Waals surface area contributed by atoms with Crippen LogP contribution in [-0.4, -0.2) is 58.0 Å². The van der Waals surface area contributed by atoms with Crippen molar-refractivity contribution in [3.05, 3.63) is 78.6 Å². The third-order valence-electron chi connectivity index (χ3n) is 6.34. The SMILES string of the molecule is CCOc1ccc(-c2cn3c(n2)sc2cc(C(=O)N4CCN(c5ccccn5)CC4)ccc23)cc1. The Bertz CT molecular complexity index is 1490. The lowest BCUT2D eigenvalue weighted by Gasteiger charge is -2.35. The summed E-state index contributed by atoms with van der Waals surface area (Å²) in [7, 11) is 0. The summed E-state index contributed by atoms with van der Waals surface area (Å²) in [5.41, 5.74) is 3.76. The fraction of sp³-hybridized carbons (Fsp3) is 0.222. The van der Waals surface area contributed by atoms with Crippen molar-refractivity contribution in [3.63, 3.8) is 0 Å². The number of piperazine rings is 1. The fourth-order valence-corrected chi connectivity index (χ4v) is 5.57. The number of anilines is 1. The van der Waals surface area contributed by atoms with Crippen LogP contribution in [0.5, 0.6) is 5.75 Å². The van der Waals surface area contributed by atoms with Crippen LogP contribution in [0.4, 0.5) is 5.82 Å². The molecule has 4 heterocycles. The first-order chi connectivity index (χ1) is 17.2. The normalized spacial score (nSPS) is 14.1. The van der Waals surface area contributed by atoms with Crippen molar-refractivity contribution in [2.75, 3.05) is 37.7 Å². The Morgan fingerprint density at radius 2 is 1.86 bits per heavy atom. The van der Waals surface area contributed by atoms with Gasteiger partial charge in [0.15, 0.2) is 4.96 Å². The van der Waals surface area contributed by atoms with Crippen LogP contribution in [0.25, 0.3) is 26.4 Å². The van der Waals surface area contributed by atoms with Gasteiger partial charge in [-0.1, -0.05) is 17.4 Å². The molecule has 1 amide bonds. The van der Waals surface area contributed by atoms with E-state index >= 15 is 0 Å². The molecule has 5 aromatic rings. The minimum Gasteiger partial charge on any atom is -0.494 e. The second-order valence-electron chi connectivity index (χ2n) is 8.49. The van der Waals surface area contributed by atoms with E-state index < -0.39 is 0 Å². The monoisotopic (exact) mass is 483 g/mol. The second-order valence-corrected chi connectivity index (χ2v) is 9.50. The molecular weight excluding hydrogens is 458 g/mol. The summed E-state index contributed by atoms with van der Waals surface area (Å²) < 4.78 is 8.70. The van der Waals surface area contributed by atoms with Crippen molar-refractivity contribution >= 4 is 38.2 Å². The van der Waals surface area contributed by atoms with E-state index in [0.717, 1.165) is 56.7 Å². The van der Waals surface area contributed by atoms with Crippen LogP contribution in [0, 0.1) is 0 Å². The van der Waals surface area contributed by atoms with E-state index in [1.165, 1.54) is 0 Å². The predicted molar refractivity (Wildman–Crippen MR) is 140 cm³/mol. The van der Waals surface area contributed by atoms with Gasteiger partial charge >= 0.3 is 0 Å². The molecule has 176 valence electrons. The average Bonchev–Trinajstić information content (AvgIpc) is 3.47. The van der Waals surface area contributed by atoms with Crippen molar-refractivity contribution in [2.24, 2.45) is 0 Å². The molecule has 0 N–H and O–H groups in total. The van der Waals surface area contributed by atoms with Crippen LogP contribution in [0.15, 0.2) is 73.1 Å². The van der Waals surface area contributed by atoms with Gasteiger partial charge in [-0.25, -0.2) is 9.97 Å². The molecule has 7 nitrogen and oxygen atoms in total. The molecule has 0 bridgehead atoms. The number of benzene rings is 2. The molecule has 3 aromatic heterocycles. The van der Waals surface area contributed by atoms with Gasteiger partial charge in [0.25, 0.3) is 5.91 Å². The van der Waals surface area contributed by atoms with Crippen LogP contribution in [0.2, 0.25) is 0 Å². The van der Waals surface area contributed by atoms with Crippen molar-refractivity contribution in [1.82, 2.24) is 19.3 Å². The predicted octanol–water partition coefficient (Wildman–Crippen LogP) is 4.97. The van der Waals surface area contributed by atoms with Gasteiger partial charge in [0.05, 0.1) is 22.5 Å². The number of rotatable bonds is 5. The number of carbonyl (C=O) groups is 1. The largest absolute Gasteiger partial charge is 0.494 e. The second kappa shape index (κ2) is 9.03. The van der Waals surface area contributed by atoms with E-state index in [1.54, 1.807) is 17.5 Å². The smallest absolute Gasteiger partial charge is 0.254 e. The number of hydrogen-bond donors (Lipinski definition) is 0. The first-order valence-corrected chi connectivity index (χ1v) is 12.6. The zero-order chi connectivity index (χ0) is 23.8. The van der Waals surface area contributed by atoms with Gasteiger partial charge in [0.2, 0.25) is 0 Å². The summed E-state index contributed by atoms with van der Waals surface area (Å²) in [4.78, 5) is 27.5. The Balaban J connectivity index is 1.20. The van der Waals surface area contributed by atoms with Crippen LogP contribution < -0.4 is 9.64 Å². The topological polar surface area (TPSA) is 63.0 Å². The summed E-state index contributed by atoms with van der Waals surface area (Å²) in [6.07, 6.45) is 3.86. The number of fused-ring (bicyclic) bond motifs is 3. The van der Waals surface area contributed by atoms with Crippen LogP contribution in [0.3, 0.4) is 0 Å². The van der Waals surface area contributed by atoms with Crippen molar-refractivity contribution < 1.29 is 9.53 Å². The minimum atomic E-state index is 0.0775. The fourth-order valence-electron chi connectivity index (χ4n) is 4.52. The zero-order valence-electron chi connectivity index (χ0n) is 19.4. The molecule has 1 aliphatic heterocycles. The lowest BCUT2D eigenvalue weighted by Crippen LogP contribution is -2.49. The van der Waals surface area contributed by atoms with Gasteiger partial charge < -0.3 is 14.5 Å². The van der Waals surface area contributed by atoms with E-state index in [4.69, 9.17) is 9.72 Å². The molecule has 0 spiro atoms. The van der Waals surface area contributed by atoms with Crippen LogP contribution in [-0.2, 0) is 0 Å². The van der Waals surface area contributed by atoms with Gasteiger partial charge in [-0.2, -0.15) is 0 Å². The number of aromatic nitrogens is 3. The van der Waals surface area contributed by atoms with Gasteiger partial charge in [0, 0.05) is 49.7 Å². The highest BCUT2D eigenvalue weighted by molar-refractivity contribution is 7.23. The Hall–Kier alpha value is -3.91. The Morgan fingerprint density at radius 3 is 2.60 bits per heavy atom. The maximum atomic E-state index is 13.2. The van der Waals surface area contributed by atoms with Gasteiger partial charge in [-0.3, -0.25) is 9.20 Å². The maximum absolute atomic E-state index is 13.2. The molecular formula is C27H25N5O2S. The van der Waals surface area contributed by atoms with Crippen molar-refractivity contribution in [2.45, 2.75) is 6.92 Å². The highest BCUT2D eigenvalue weighted by Crippen LogP contribution is 2.31. The lowest BCUT2D eigenvalue weighted by molar-refractivity contribution is 0.0746. The van der Waals surface area contributed by atoms with Gasteiger partial charge in [-0.05, 0) is 61.5 Å². The Morgan fingerprint density at radius 1 is 1.03 bits per heavy atom. The summed E-state index contributed by atoms with van der Waals surface area (Å²) >= 11 is 1.60. The van der Waals surface area contributed by atoms with Crippen molar-refractivity contribution in [3.8, 4) is 17.0 Å². The lowest BCUT2D eigenvalue weighted by atomic mass is 10.1. The standard InChI is InChI=1S/C27H25N5O2S/c1-2-34-21-9-6-19(7-10-21)22-18-32-23-11-8-20(17-24(23)35-27(32)29-22)26(33)31-15-13-30(14-16-31)25-5-3-4-12-28-25/h3-12,17-18H,2,13-16H2,1H3. The first kappa shape index (κ1) is 21.6. The number of hydrogen-bond acceptors (Lipinski definition) is 6. The molecule has 1 saturated heterocycles. The average molecular weight is 484 g/mol. The quantitative estimate of drug-likeness (QED) is 0.353. The summed E-state index contributed by atoms with van der Waals surface area (Å²) in [6, 6.07) is 19.9. The highest BCUT2D eigenvalue weighted by atomic mass is 32.1. The third-order valence-corrected chi connectivity index (χ3v) is 7.36. The Kier molecular flexibility index (Phi) is 5.58. The molecule has 1 fully saturated rings. The van der Waals surface area contributed by atoms with Crippen LogP contribution >= 0.6 is 11.3 Å². The molecule has 0 unspecified atom stereocenters. The zero-order valence-corrected chi connectivity index (χ0v) is 20.2. The highest BCUT2D eigenvalue weighted by Gasteiger charge is 2.23. The summed E-state index contributed by atoms with van der Waals surface area (Å²) in [6.45, 7) is 5.57. The molecule has 8 heteroatoms. The first-order valence-electron chi connectivity index (χ1n) is 11.8. The number of amides is 1. The van der Waals surface area contributed by atoms with Crippen LogP contribution in [0.1, 0.15) is 17.3 Å². The molecule has 0 radical (unpaired) electrons. The number of carbonyl (C=O) groups excluding carboxylic acids is 1. The third kappa shape index (κ3) is 4.10. The molecule has 1 aliphatic rings. The maximum Gasteiger partial charge on any atom is 0.254 e. The van der Waals surface area contributed by atoms with Crippen molar-refractivity contribution in [1.29, 1.82) is 0 Å². The molecule has 0 aliphatic carbocycles. The van der Waals surface area contributed by atoms with E-state index in [2.05, 4.69) is 20.5 Å². The summed E-state index contributed by atoms with van der Waals surface area (Å²) in [5.74, 6) is 1.90. The molecule has 6 rings (SSSR count). The molecule has 2 aromatic carbocycles. The molecule has 0 atom stereocenters. The van der Waals surface area contributed by atoms with E-state index in [0.29, 0.717) is 19.7 Å². The van der Waals surface area contributed by atoms with E-state index in [-0.39, 0.29) is 5.91 Å². The van der Waals surface area contributed by atoms with E-state index in [1.807, 2.05) is 72.5 Å². The molecule has 35 heavy (non-hydrogen) atoms.